The summed E-state index contributed by atoms with van der Waals surface area (Å²) in [7, 11) is 3.71. The number of hydrogen-bond acceptors (Lipinski definition) is 4. The highest BCUT2D eigenvalue weighted by molar-refractivity contribution is 5.28. The topological polar surface area (TPSA) is 64.5 Å². The zero-order chi connectivity index (χ0) is 12.0. The third kappa shape index (κ3) is 4.18. The first-order chi connectivity index (χ1) is 7.65. The van der Waals surface area contributed by atoms with Crippen molar-refractivity contribution in [1.29, 1.82) is 0 Å². The number of rotatable bonds is 6. The number of likely N-dealkylation sites (N-methyl/N-ethyl adjacent to an activating group) is 1. The molecule has 16 heavy (non-hydrogen) atoms. The smallest absolute Gasteiger partial charge is 0.119 e. The summed E-state index contributed by atoms with van der Waals surface area (Å²) in [4.78, 5) is 2.16. The van der Waals surface area contributed by atoms with Crippen LogP contribution < -0.4 is 16.2 Å². The maximum atomic E-state index is 5.79. The lowest BCUT2D eigenvalue weighted by molar-refractivity contribution is 0.304. The van der Waals surface area contributed by atoms with Crippen LogP contribution in [0, 0.1) is 0 Å². The third-order valence-corrected chi connectivity index (χ3v) is 2.44. The van der Waals surface area contributed by atoms with Crippen molar-refractivity contribution in [3.8, 4) is 5.75 Å². The predicted molar refractivity (Wildman–Crippen MR) is 66.4 cm³/mol. The summed E-state index contributed by atoms with van der Waals surface area (Å²) in [5.74, 6) is 0.883. The fourth-order valence-corrected chi connectivity index (χ4v) is 1.62. The van der Waals surface area contributed by atoms with Gasteiger partial charge >= 0.3 is 0 Å². The lowest BCUT2D eigenvalue weighted by Crippen LogP contribution is -2.40. The Hall–Kier alpha value is -1.10. The fraction of sp³-hybridized carbons (Fsp3) is 0.500. The monoisotopic (exact) mass is 223 g/mol. The molecule has 4 heteroatoms. The Morgan fingerprint density at radius 2 is 2.19 bits per heavy atom. The Bertz CT molecular complexity index is 317. The second-order valence-corrected chi connectivity index (χ2v) is 4.04. The largest absolute Gasteiger partial charge is 0.497 e. The molecule has 0 aliphatic rings. The van der Waals surface area contributed by atoms with Gasteiger partial charge in [-0.1, -0.05) is 12.1 Å². The van der Waals surface area contributed by atoms with Crippen LogP contribution in [0.3, 0.4) is 0 Å². The van der Waals surface area contributed by atoms with Crippen molar-refractivity contribution in [2.24, 2.45) is 11.5 Å². The molecule has 0 saturated heterocycles. The number of benzene rings is 1. The van der Waals surface area contributed by atoms with Gasteiger partial charge in [-0.05, 0) is 24.7 Å². The summed E-state index contributed by atoms with van der Waals surface area (Å²) in [6.07, 6.45) is 0. The molecule has 1 rings (SSSR count). The van der Waals surface area contributed by atoms with Gasteiger partial charge in [-0.2, -0.15) is 0 Å². The molecular formula is C12H21N3O. The van der Waals surface area contributed by atoms with Crippen molar-refractivity contribution in [3.63, 3.8) is 0 Å². The Morgan fingerprint density at radius 1 is 1.44 bits per heavy atom. The van der Waals surface area contributed by atoms with E-state index in [9.17, 15) is 0 Å². The van der Waals surface area contributed by atoms with Gasteiger partial charge in [-0.3, -0.25) is 0 Å². The van der Waals surface area contributed by atoms with Gasteiger partial charge in [0.05, 0.1) is 7.11 Å². The van der Waals surface area contributed by atoms with E-state index in [-0.39, 0.29) is 6.04 Å². The average molecular weight is 223 g/mol. The van der Waals surface area contributed by atoms with Crippen LogP contribution in [0.1, 0.15) is 5.56 Å². The molecule has 90 valence electrons. The number of ether oxygens (including phenoxy) is 1. The van der Waals surface area contributed by atoms with E-state index in [2.05, 4.69) is 11.0 Å². The Kier molecular flexibility index (Phi) is 5.25. The Balaban J connectivity index is 2.51. The summed E-state index contributed by atoms with van der Waals surface area (Å²) in [5, 5.41) is 0. The summed E-state index contributed by atoms with van der Waals surface area (Å²) >= 11 is 0. The van der Waals surface area contributed by atoms with E-state index in [0.29, 0.717) is 6.54 Å². The van der Waals surface area contributed by atoms with Gasteiger partial charge in [-0.15, -0.1) is 0 Å². The van der Waals surface area contributed by atoms with Crippen LogP contribution in [0.4, 0.5) is 0 Å². The molecule has 1 unspecified atom stereocenters. The lowest BCUT2D eigenvalue weighted by Gasteiger charge is -2.20. The van der Waals surface area contributed by atoms with Crippen LogP contribution in [-0.2, 0) is 6.54 Å². The molecule has 0 amide bonds. The summed E-state index contributed by atoms with van der Waals surface area (Å²) in [6.45, 7) is 2.17. The van der Waals surface area contributed by atoms with Crippen LogP contribution in [0.15, 0.2) is 24.3 Å². The van der Waals surface area contributed by atoms with Gasteiger partial charge in [0.2, 0.25) is 0 Å². The summed E-state index contributed by atoms with van der Waals surface area (Å²) in [6, 6.07) is 8.08. The molecule has 0 radical (unpaired) electrons. The normalized spacial score (nSPS) is 12.8. The first-order valence-corrected chi connectivity index (χ1v) is 5.43. The molecular weight excluding hydrogens is 202 g/mol. The predicted octanol–water partition coefficient (Wildman–Crippen LogP) is 0.413. The molecule has 0 heterocycles. The standard InChI is InChI=1S/C12H21N3O/c1-15(9-11(14)7-13)8-10-4-3-5-12(6-10)16-2/h3-6,11H,7-9,13-14H2,1-2H3. The second-order valence-electron chi connectivity index (χ2n) is 4.04. The molecule has 0 aliphatic carbocycles. The zero-order valence-electron chi connectivity index (χ0n) is 10.0. The van der Waals surface area contributed by atoms with Crippen molar-refractivity contribution < 1.29 is 4.74 Å². The third-order valence-electron chi connectivity index (χ3n) is 2.44. The van der Waals surface area contributed by atoms with Crippen molar-refractivity contribution in [1.82, 2.24) is 4.90 Å². The van der Waals surface area contributed by atoms with E-state index in [0.717, 1.165) is 18.8 Å². The van der Waals surface area contributed by atoms with E-state index in [1.54, 1.807) is 7.11 Å². The number of methoxy groups -OCH3 is 1. The molecule has 0 aromatic heterocycles. The minimum absolute atomic E-state index is 0.0376. The van der Waals surface area contributed by atoms with Crippen LogP contribution in [0.2, 0.25) is 0 Å². The SMILES string of the molecule is COc1cccc(CN(C)CC(N)CN)c1. The quantitative estimate of drug-likeness (QED) is 0.733. The van der Waals surface area contributed by atoms with Gasteiger partial charge in [0.15, 0.2) is 0 Å². The van der Waals surface area contributed by atoms with E-state index in [1.165, 1.54) is 5.56 Å². The second kappa shape index (κ2) is 6.48. The van der Waals surface area contributed by atoms with Gasteiger partial charge in [-0.25, -0.2) is 0 Å². The number of hydrogen-bond donors (Lipinski definition) is 2. The van der Waals surface area contributed by atoms with Crippen molar-refractivity contribution in [2.75, 3.05) is 27.2 Å². The Morgan fingerprint density at radius 3 is 2.81 bits per heavy atom. The zero-order valence-corrected chi connectivity index (χ0v) is 10.0. The highest BCUT2D eigenvalue weighted by Crippen LogP contribution is 2.13. The minimum atomic E-state index is 0.0376. The van der Waals surface area contributed by atoms with Gasteiger partial charge in [0.1, 0.15) is 5.75 Å². The average Bonchev–Trinajstić information content (AvgIpc) is 2.28. The van der Waals surface area contributed by atoms with Crippen LogP contribution >= 0.6 is 0 Å². The number of nitrogens with two attached hydrogens (primary N) is 2. The van der Waals surface area contributed by atoms with E-state index < -0.39 is 0 Å². The molecule has 1 aromatic rings. The van der Waals surface area contributed by atoms with E-state index in [4.69, 9.17) is 16.2 Å². The highest BCUT2D eigenvalue weighted by atomic mass is 16.5. The maximum Gasteiger partial charge on any atom is 0.119 e. The van der Waals surface area contributed by atoms with Gasteiger partial charge < -0.3 is 21.1 Å². The first-order valence-electron chi connectivity index (χ1n) is 5.43. The van der Waals surface area contributed by atoms with Crippen LogP contribution in [-0.4, -0.2) is 38.2 Å². The molecule has 4 N–H and O–H groups in total. The molecule has 1 atom stereocenters. The minimum Gasteiger partial charge on any atom is -0.497 e. The molecule has 4 nitrogen and oxygen atoms in total. The van der Waals surface area contributed by atoms with Gasteiger partial charge in [0.25, 0.3) is 0 Å². The van der Waals surface area contributed by atoms with E-state index >= 15 is 0 Å². The lowest BCUT2D eigenvalue weighted by atomic mass is 10.2. The summed E-state index contributed by atoms with van der Waals surface area (Å²) in [5.41, 5.74) is 12.5. The molecule has 0 bridgehead atoms. The molecule has 1 aromatic carbocycles. The molecule has 0 aliphatic heterocycles. The maximum absolute atomic E-state index is 5.79. The van der Waals surface area contributed by atoms with Crippen molar-refractivity contribution >= 4 is 0 Å². The fourth-order valence-electron chi connectivity index (χ4n) is 1.62. The number of nitrogens with zero attached hydrogens (tertiary/aromatic N) is 1. The Labute approximate surface area is 97.2 Å². The highest BCUT2D eigenvalue weighted by Gasteiger charge is 2.05. The molecule has 0 saturated carbocycles. The van der Waals surface area contributed by atoms with Gasteiger partial charge in [0, 0.05) is 25.7 Å². The summed E-state index contributed by atoms with van der Waals surface area (Å²) < 4.78 is 5.18. The van der Waals surface area contributed by atoms with E-state index in [1.807, 2.05) is 25.2 Å². The van der Waals surface area contributed by atoms with Crippen molar-refractivity contribution in [2.45, 2.75) is 12.6 Å². The first kappa shape index (κ1) is 13.0. The molecule has 0 spiro atoms. The molecule has 0 fully saturated rings. The van der Waals surface area contributed by atoms with Crippen LogP contribution in [0.25, 0.3) is 0 Å². The van der Waals surface area contributed by atoms with Crippen molar-refractivity contribution in [3.05, 3.63) is 29.8 Å². The van der Waals surface area contributed by atoms with Crippen LogP contribution in [0.5, 0.6) is 5.75 Å².